The summed E-state index contributed by atoms with van der Waals surface area (Å²) in [6, 6.07) is 5.77. The zero-order valence-corrected chi connectivity index (χ0v) is 14.2. The number of nitrogens with one attached hydrogen (secondary N) is 1. The summed E-state index contributed by atoms with van der Waals surface area (Å²) in [6.45, 7) is 3.42. The molecule has 1 aromatic carbocycles. The zero-order valence-electron chi connectivity index (χ0n) is 12.6. The number of thiazole rings is 1. The number of hydrogen-bond acceptors (Lipinski definition) is 5. The number of aromatic nitrogens is 1. The van der Waals surface area contributed by atoms with Crippen LogP contribution in [0.15, 0.2) is 23.2 Å². The Morgan fingerprint density at radius 1 is 1.39 bits per heavy atom. The molecule has 1 spiro atoms. The van der Waals surface area contributed by atoms with Crippen LogP contribution in [0.2, 0.25) is 5.02 Å². The van der Waals surface area contributed by atoms with Gasteiger partial charge in [0.05, 0.1) is 15.2 Å². The van der Waals surface area contributed by atoms with E-state index >= 15 is 0 Å². The molecule has 5 heterocycles. The molecule has 5 nitrogen and oxygen atoms in total. The molecule has 0 amide bonds. The molecule has 23 heavy (non-hydrogen) atoms. The van der Waals surface area contributed by atoms with Crippen LogP contribution in [0.5, 0.6) is 0 Å². The molecule has 0 saturated carbocycles. The Morgan fingerprint density at radius 2 is 2.26 bits per heavy atom. The van der Waals surface area contributed by atoms with Gasteiger partial charge in [-0.15, -0.1) is 0 Å². The number of piperidine rings is 3. The van der Waals surface area contributed by atoms with Crippen molar-refractivity contribution in [3.05, 3.63) is 23.2 Å². The largest absolute Gasteiger partial charge is 0.300 e. The molecule has 1 N–H and O–H groups in total. The van der Waals surface area contributed by atoms with Crippen molar-refractivity contribution >= 4 is 44.1 Å². The van der Waals surface area contributed by atoms with Gasteiger partial charge in [0.25, 0.3) is 0 Å². The Bertz CT molecular complexity index is 798. The van der Waals surface area contributed by atoms with E-state index in [2.05, 4.69) is 20.4 Å². The summed E-state index contributed by atoms with van der Waals surface area (Å²) >= 11 is 7.75. The summed E-state index contributed by atoms with van der Waals surface area (Å²) in [5, 5.41) is 1.47. The molecular weight excluding hydrogens is 332 g/mol. The first kappa shape index (κ1) is 14.2. The predicted molar refractivity (Wildman–Crippen MR) is 92.5 cm³/mol. The van der Waals surface area contributed by atoms with Crippen molar-refractivity contribution in [2.75, 3.05) is 19.6 Å². The van der Waals surface area contributed by atoms with Gasteiger partial charge in [0, 0.05) is 13.0 Å². The van der Waals surface area contributed by atoms with Crippen molar-refractivity contribution in [1.29, 1.82) is 0 Å². The highest BCUT2D eigenvalue weighted by atomic mass is 35.5. The number of hydroxylamine groups is 1. The normalized spacial score (nSPS) is 34.6. The van der Waals surface area contributed by atoms with E-state index in [0.717, 1.165) is 39.2 Å². The van der Waals surface area contributed by atoms with E-state index in [9.17, 15) is 0 Å². The minimum atomic E-state index is -0.0936. The fourth-order valence-corrected chi connectivity index (χ4v) is 5.24. The number of halogens is 1. The van der Waals surface area contributed by atoms with Crippen LogP contribution in [-0.4, -0.2) is 41.0 Å². The van der Waals surface area contributed by atoms with Crippen molar-refractivity contribution < 1.29 is 4.84 Å². The molecule has 4 saturated heterocycles. The lowest BCUT2D eigenvalue weighted by Crippen LogP contribution is -2.59. The van der Waals surface area contributed by atoms with E-state index in [1.165, 1.54) is 37.3 Å². The molecule has 2 aromatic rings. The minimum Gasteiger partial charge on any atom is -0.300 e. The first-order valence-corrected chi connectivity index (χ1v) is 9.20. The Hall–Kier alpha value is -1.21. The average Bonchev–Trinajstić information content (AvgIpc) is 3.14. The van der Waals surface area contributed by atoms with E-state index < -0.39 is 0 Å². The third-order valence-corrected chi connectivity index (χ3v) is 6.67. The quantitative estimate of drug-likeness (QED) is 0.858. The molecule has 0 unspecified atom stereocenters. The van der Waals surface area contributed by atoms with Crippen molar-refractivity contribution in [3.63, 3.8) is 0 Å². The maximum Gasteiger partial charge on any atom is 0.212 e. The van der Waals surface area contributed by atoms with Crippen LogP contribution in [0.4, 0.5) is 5.13 Å². The van der Waals surface area contributed by atoms with E-state index in [4.69, 9.17) is 16.4 Å². The first-order valence-electron chi connectivity index (χ1n) is 8.01. The molecule has 4 aliphatic rings. The number of amidine groups is 1. The number of fused-ring (bicyclic) bond motifs is 3. The predicted octanol–water partition coefficient (Wildman–Crippen LogP) is 3.37. The van der Waals surface area contributed by atoms with Gasteiger partial charge in [0.15, 0.2) is 0 Å². The lowest BCUT2D eigenvalue weighted by molar-refractivity contribution is -0.150. The molecule has 6 rings (SSSR count). The second-order valence-electron chi connectivity index (χ2n) is 6.64. The average molecular weight is 349 g/mol. The molecule has 2 bridgehead atoms. The zero-order chi connectivity index (χ0) is 15.4. The van der Waals surface area contributed by atoms with Crippen molar-refractivity contribution in [2.24, 2.45) is 10.9 Å². The summed E-state index contributed by atoms with van der Waals surface area (Å²) in [4.78, 5) is 17.8. The van der Waals surface area contributed by atoms with Crippen LogP contribution in [0.1, 0.15) is 19.3 Å². The minimum absolute atomic E-state index is 0.0936. The number of benzene rings is 1. The van der Waals surface area contributed by atoms with Gasteiger partial charge in [0.1, 0.15) is 11.4 Å². The maximum absolute atomic E-state index is 6.22. The fraction of sp³-hybridized carbons (Fsp3) is 0.500. The highest BCUT2D eigenvalue weighted by Gasteiger charge is 2.52. The fourth-order valence-electron chi connectivity index (χ4n) is 4.09. The third kappa shape index (κ3) is 2.28. The third-order valence-electron chi connectivity index (χ3n) is 5.25. The lowest BCUT2D eigenvalue weighted by Gasteiger charge is -2.49. The summed E-state index contributed by atoms with van der Waals surface area (Å²) < 4.78 is 0.991. The van der Waals surface area contributed by atoms with Crippen molar-refractivity contribution in [2.45, 2.75) is 24.9 Å². The lowest BCUT2D eigenvalue weighted by atomic mass is 9.74. The van der Waals surface area contributed by atoms with E-state index in [0.29, 0.717) is 5.92 Å². The van der Waals surface area contributed by atoms with Gasteiger partial charge < -0.3 is 4.90 Å². The molecule has 4 fully saturated rings. The number of nitrogens with zero attached hydrogens (tertiary/aromatic N) is 3. The van der Waals surface area contributed by atoms with Crippen LogP contribution in [0.3, 0.4) is 0 Å². The molecule has 0 aliphatic carbocycles. The Balaban J connectivity index is 1.44. The summed E-state index contributed by atoms with van der Waals surface area (Å²) in [5.74, 6) is 1.52. The highest BCUT2D eigenvalue weighted by molar-refractivity contribution is 7.22. The van der Waals surface area contributed by atoms with Crippen LogP contribution in [0, 0.1) is 5.92 Å². The molecule has 0 radical (unpaired) electrons. The van der Waals surface area contributed by atoms with Crippen molar-refractivity contribution in [1.82, 2.24) is 15.4 Å². The Kier molecular flexibility index (Phi) is 3.17. The highest BCUT2D eigenvalue weighted by Crippen LogP contribution is 2.43. The number of aliphatic imine (C=N–C) groups is 1. The second kappa shape index (κ2) is 5.14. The van der Waals surface area contributed by atoms with E-state index in [1.807, 2.05) is 18.2 Å². The monoisotopic (exact) mass is 348 g/mol. The SMILES string of the molecule is Clc1cccc2nc(/N=C3/C[C@]4(CN5CCC4CC5)ON3)sc12. The number of hydrogen-bond donors (Lipinski definition) is 1. The molecule has 1 atom stereocenters. The summed E-state index contributed by atoms with van der Waals surface area (Å²) in [6.07, 6.45) is 3.30. The standard InChI is InChI=1S/C16H17ClN4OS/c17-11-2-1-3-12-14(11)23-15(18-12)19-13-8-16(22-20-13)9-21-6-4-10(16)5-7-21/h1-3,10H,4-9H2,(H,18,19,20)/t16-/m1/s1. The summed E-state index contributed by atoms with van der Waals surface area (Å²) in [7, 11) is 0. The summed E-state index contributed by atoms with van der Waals surface area (Å²) in [5.41, 5.74) is 3.87. The molecule has 1 aromatic heterocycles. The van der Waals surface area contributed by atoms with Gasteiger partial charge in [-0.2, -0.15) is 0 Å². The van der Waals surface area contributed by atoms with Crippen LogP contribution in [-0.2, 0) is 4.84 Å². The molecule has 120 valence electrons. The molecule has 4 aliphatic heterocycles. The van der Waals surface area contributed by atoms with Gasteiger partial charge in [-0.1, -0.05) is 29.0 Å². The second-order valence-corrected chi connectivity index (χ2v) is 8.02. The van der Waals surface area contributed by atoms with Crippen LogP contribution >= 0.6 is 22.9 Å². The molecule has 7 heteroatoms. The van der Waals surface area contributed by atoms with Gasteiger partial charge in [0.2, 0.25) is 5.13 Å². The number of rotatable bonds is 1. The van der Waals surface area contributed by atoms with E-state index in [-0.39, 0.29) is 5.60 Å². The molecular formula is C16H17ClN4OS. The Labute approximate surface area is 143 Å². The van der Waals surface area contributed by atoms with Crippen LogP contribution in [0.25, 0.3) is 10.2 Å². The maximum atomic E-state index is 6.22. The van der Waals surface area contributed by atoms with Gasteiger partial charge in [-0.05, 0) is 44.0 Å². The first-order chi connectivity index (χ1) is 11.2. The van der Waals surface area contributed by atoms with Gasteiger partial charge >= 0.3 is 0 Å². The Morgan fingerprint density at radius 3 is 3.00 bits per heavy atom. The van der Waals surface area contributed by atoms with Gasteiger partial charge in [-0.25, -0.2) is 9.98 Å². The van der Waals surface area contributed by atoms with Gasteiger partial charge in [-0.3, -0.25) is 10.3 Å². The van der Waals surface area contributed by atoms with Crippen LogP contribution < -0.4 is 5.48 Å². The van der Waals surface area contributed by atoms with Crippen molar-refractivity contribution in [3.8, 4) is 0 Å². The topological polar surface area (TPSA) is 49.8 Å². The smallest absolute Gasteiger partial charge is 0.212 e. The van der Waals surface area contributed by atoms with E-state index in [1.54, 1.807) is 0 Å².